The molecule has 5 heteroatoms. The maximum absolute atomic E-state index is 12.2. The molecule has 0 unspecified atom stereocenters. The Hall–Kier alpha value is -0.590. The molecule has 66 valence electrons. The first-order valence-corrected chi connectivity index (χ1v) is 4.22. The van der Waals surface area contributed by atoms with Crippen molar-refractivity contribution in [2.24, 2.45) is 0 Å². The molecule has 1 rings (SSSR count). The molecule has 0 atom stereocenters. The van der Waals surface area contributed by atoms with Gasteiger partial charge in [-0.25, -0.2) is 8.78 Å². The first-order valence-electron chi connectivity index (χ1n) is 3.15. The third kappa shape index (κ3) is 1.77. The molecule has 12 heavy (non-hydrogen) atoms. The highest BCUT2D eigenvalue weighted by Crippen LogP contribution is 2.29. The zero-order chi connectivity index (χ0) is 9.30. The molecular formula is C7H7F2IN2. The Balaban J connectivity index is 3.23. The van der Waals surface area contributed by atoms with Crippen LogP contribution in [0.1, 0.15) is 12.0 Å². The van der Waals surface area contributed by atoms with E-state index < -0.39 is 6.43 Å². The van der Waals surface area contributed by atoms with Crippen molar-refractivity contribution < 1.29 is 8.78 Å². The molecule has 0 saturated heterocycles. The molecule has 0 radical (unpaired) electrons. The van der Waals surface area contributed by atoms with Crippen molar-refractivity contribution in [3.63, 3.8) is 0 Å². The maximum Gasteiger partial charge on any atom is 0.264 e. The van der Waals surface area contributed by atoms with E-state index >= 15 is 0 Å². The highest BCUT2D eigenvalue weighted by Gasteiger charge is 2.12. The molecule has 1 aromatic rings. The van der Waals surface area contributed by atoms with Gasteiger partial charge >= 0.3 is 0 Å². The molecule has 0 aromatic heterocycles. The number of nitrogens with two attached hydrogens (primary N) is 2. The van der Waals surface area contributed by atoms with Crippen molar-refractivity contribution >= 4 is 34.0 Å². The van der Waals surface area contributed by atoms with Gasteiger partial charge in [0.1, 0.15) is 0 Å². The average Bonchev–Trinajstić information content (AvgIpc) is 1.96. The minimum atomic E-state index is -2.50. The zero-order valence-corrected chi connectivity index (χ0v) is 8.18. The van der Waals surface area contributed by atoms with Crippen LogP contribution in [0.4, 0.5) is 20.2 Å². The van der Waals surface area contributed by atoms with Gasteiger partial charge in [0.2, 0.25) is 0 Å². The van der Waals surface area contributed by atoms with Crippen molar-refractivity contribution in [1.29, 1.82) is 0 Å². The van der Waals surface area contributed by atoms with Crippen molar-refractivity contribution in [1.82, 2.24) is 0 Å². The molecule has 0 aliphatic heterocycles. The van der Waals surface area contributed by atoms with Crippen LogP contribution < -0.4 is 11.5 Å². The van der Waals surface area contributed by atoms with E-state index in [9.17, 15) is 8.78 Å². The first-order chi connectivity index (χ1) is 5.52. The summed E-state index contributed by atoms with van der Waals surface area (Å²) in [5.41, 5.74) is 11.2. The van der Waals surface area contributed by atoms with Gasteiger partial charge in [0.05, 0.1) is 11.4 Å². The molecule has 0 amide bonds. The van der Waals surface area contributed by atoms with Crippen molar-refractivity contribution in [3.8, 4) is 0 Å². The lowest BCUT2D eigenvalue weighted by Gasteiger charge is -2.06. The van der Waals surface area contributed by atoms with E-state index in [2.05, 4.69) is 0 Å². The van der Waals surface area contributed by atoms with Crippen molar-refractivity contribution in [2.45, 2.75) is 6.43 Å². The lowest BCUT2D eigenvalue weighted by Crippen LogP contribution is -1.98. The second-order valence-corrected chi connectivity index (χ2v) is 3.47. The smallest absolute Gasteiger partial charge is 0.264 e. The molecule has 1 aromatic carbocycles. The topological polar surface area (TPSA) is 52.0 Å². The Morgan fingerprint density at radius 2 is 1.67 bits per heavy atom. The number of hydrogen-bond donors (Lipinski definition) is 2. The van der Waals surface area contributed by atoms with E-state index in [1.54, 1.807) is 22.6 Å². The summed E-state index contributed by atoms with van der Waals surface area (Å²) in [5.74, 6) is 0. The molecule has 0 aliphatic carbocycles. The molecule has 0 bridgehead atoms. The van der Waals surface area contributed by atoms with Crippen LogP contribution in [0, 0.1) is 3.57 Å². The van der Waals surface area contributed by atoms with E-state index in [4.69, 9.17) is 11.5 Å². The Kier molecular flexibility index (Phi) is 2.71. The van der Waals surface area contributed by atoms with Gasteiger partial charge < -0.3 is 11.5 Å². The Bertz CT molecular complexity index is 302. The summed E-state index contributed by atoms with van der Waals surface area (Å²) >= 11 is 1.80. The predicted octanol–water partition coefficient (Wildman–Crippen LogP) is 2.39. The van der Waals surface area contributed by atoms with Crippen LogP contribution in [0.3, 0.4) is 0 Å². The van der Waals surface area contributed by atoms with Gasteiger partial charge in [-0.2, -0.15) is 0 Å². The van der Waals surface area contributed by atoms with Crippen LogP contribution in [-0.2, 0) is 0 Å². The molecule has 0 saturated carbocycles. The Labute approximate surface area is 82.1 Å². The molecule has 0 heterocycles. The number of halogens is 3. The normalized spacial score (nSPS) is 10.7. The number of nitrogen functional groups attached to an aromatic ring is 2. The van der Waals surface area contributed by atoms with Crippen LogP contribution in [0.5, 0.6) is 0 Å². The summed E-state index contributed by atoms with van der Waals surface area (Å²) in [5, 5.41) is 0. The summed E-state index contributed by atoms with van der Waals surface area (Å²) < 4.78 is 24.9. The highest BCUT2D eigenvalue weighted by atomic mass is 127. The molecule has 2 nitrogen and oxygen atoms in total. The van der Waals surface area contributed by atoms with Gasteiger partial charge in [0.15, 0.2) is 0 Å². The number of benzene rings is 1. The number of rotatable bonds is 1. The summed E-state index contributed by atoms with van der Waals surface area (Å²) in [4.78, 5) is 0. The predicted molar refractivity (Wildman–Crippen MR) is 52.9 cm³/mol. The largest absolute Gasteiger partial charge is 0.397 e. The Morgan fingerprint density at radius 3 is 2.17 bits per heavy atom. The minimum absolute atomic E-state index is 0.0673. The molecule has 4 N–H and O–H groups in total. The number of anilines is 2. The van der Waals surface area contributed by atoms with Crippen LogP contribution in [-0.4, -0.2) is 0 Å². The molecular weight excluding hydrogens is 277 g/mol. The van der Waals surface area contributed by atoms with E-state index in [1.165, 1.54) is 12.1 Å². The van der Waals surface area contributed by atoms with Crippen LogP contribution in [0.15, 0.2) is 12.1 Å². The number of alkyl halides is 2. The monoisotopic (exact) mass is 284 g/mol. The van der Waals surface area contributed by atoms with Crippen LogP contribution in [0.2, 0.25) is 0 Å². The lowest BCUT2D eigenvalue weighted by molar-refractivity contribution is 0.150. The highest BCUT2D eigenvalue weighted by molar-refractivity contribution is 14.1. The minimum Gasteiger partial charge on any atom is -0.397 e. The van der Waals surface area contributed by atoms with Crippen molar-refractivity contribution in [3.05, 3.63) is 21.3 Å². The van der Waals surface area contributed by atoms with Gasteiger partial charge in [-0.3, -0.25) is 0 Å². The quantitative estimate of drug-likeness (QED) is 0.614. The molecule has 0 aliphatic rings. The third-order valence-corrected chi connectivity index (χ3v) is 2.37. The second-order valence-electron chi connectivity index (χ2n) is 2.30. The Morgan fingerprint density at radius 1 is 1.17 bits per heavy atom. The van der Waals surface area contributed by atoms with Gasteiger partial charge in [0.25, 0.3) is 6.43 Å². The third-order valence-electron chi connectivity index (χ3n) is 1.44. The van der Waals surface area contributed by atoms with Gasteiger partial charge in [-0.15, -0.1) is 0 Å². The molecule has 0 fully saturated rings. The fourth-order valence-electron chi connectivity index (χ4n) is 0.790. The van der Waals surface area contributed by atoms with Gasteiger partial charge in [-0.05, 0) is 34.7 Å². The summed E-state index contributed by atoms with van der Waals surface area (Å²) in [6.45, 7) is 0. The van der Waals surface area contributed by atoms with E-state index in [0.29, 0.717) is 9.26 Å². The standard InChI is InChI=1S/C7H7F2IN2/c8-7(9)3-1-5(11)6(12)2-4(3)10/h1-2,7H,11-12H2. The van der Waals surface area contributed by atoms with E-state index in [0.717, 1.165) is 0 Å². The fourth-order valence-corrected chi connectivity index (χ4v) is 1.52. The van der Waals surface area contributed by atoms with Crippen LogP contribution in [0.25, 0.3) is 0 Å². The molecule has 0 spiro atoms. The van der Waals surface area contributed by atoms with E-state index in [1.807, 2.05) is 0 Å². The van der Waals surface area contributed by atoms with E-state index in [-0.39, 0.29) is 11.3 Å². The van der Waals surface area contributed by atoms with Crippen LogP contribution >= 0.6 is 22.6 Å². The summed E-state index contributed by atoms with van der Waals surface area (Å²) in [6.07, 6.45) is -2.50. The first kappa shape index (κ1) is 9.50. The summed E-state index contributed by atoms with van der Waals surface area (Å²) in [6, 6.07) is 2.65. The average molecular weight is 284 g/mol. The fraction of sp³-hybridized carbons (Fsp3) is 0.143. The van der Waals surface area contributed by atoms with Gasteiger partial charge in [0, 0.05) is 9.13 Å². The van der Waals surface area contributed by atoms with Gasteiger partial charge in [-0.1, -0.05) is 0 Å². The SMILES string of the molecule is Nc1cc(I)c(C(F)F)cc1N. The van der Waals surface area contributed by atoms with Crippen molar-refractivity contribution in [2.75, 3.05) is 11.5 Å². The second kappa shape index (κ2) is 3.42. The lowest BCUT2D eigenvalue weighted by atomic mass is 10.2. The number of hydrogen-bond acceptors (Lipinski definition) is 2. The summed E-state index contributed by atoms with van der Waals surface area (Å²) in [7, 11) is 0. The maximum atomic E-state index is 12.2. The zero-order valence-electron chi connectivity index (χ0n) is 6.02.